The van der Waals surface area contributed by atoms with Gasteiger partial charge in [0, 0.05) is 12.0 Å². The molecule has 1 N–H and O–H groups in total. The molecule has 1 fully saturated rings. The largest absolute Gasteiger partial charge is 0.458 e. The molecule has 0 amide bonds. The van der Waals surface area contributed by atoms with Crippen LogP contribution in [0.1, 0.15) is 75.1 Å². The molecule has 0 saturated carbocycles. The number of benzene rings is 2. The standard InChI is InChI=1S/C29H36O5/c1-2-3-4-5-6-7-8-10-15-26-20-29(21-30,34-28(26)32)22-33-27(31)25-18-16-24(17-19-25)23-13-11-9-12-14-23/h9,11-19,30H,2-8,10,20-22H2,1H3/b26-15+. The monoisotopic (exact) mass is 464 g/mol. The summed E-state index contributed by atoms with van der Waals surface area (Å²) < 4.78 is 10.9. The van der Waals surface area contributed by atoms with Gasteiger partial charge in [0.05, 0.1) is 12.2 Å². The van der Waals surface area contributed by atoms with Gasteiger partial charge in [-0.2, -0.15) is 0 Å². The number of allylic oxidation sites excluding steroid dienone is 1. The molecule has 0 radical (unpaired) electrons. The lowest BCUT2D eigenvalue weighted by Gasteiger charge is -2.24. The van der Waals surface area contributed by atoms with Crippen LogP contribution in [0.5, 0.6) is 0 Å². The van der Waals surface area contributed by atoms with Crippen LogP contribution in [-0.4, -0.2) is 35.9 Å². The van der Waals surface area contributed by atoms with Gasteiger partial charge >= 0.3 is 11.9 Å². The second-order valence-electron chi connectivity index (χ2n) is 9.07. The molecule has 0 aromatic heterocycles. The van der Waals surface area contributed by atoms with Crippen LogP contribution in [0.3, 0.4) is 0 Å². The van der Waals surface area contributed by atoms with Gasteiger partial charge in [-0.25, -0.2) is 9.59 Å². The van der Waals surface area contributed by atoms with Crippen LogP contribution in [0.25, 0.3) is 11.1 Å². The molecule has 1 aliphatic heterocycles. The molecule has 1 unspecified atom stereocenters. The van der Waals surface area contributed by atoms with Crippen molar-refractivity contribution >= 4 is 11.9 Å². The minimum atomic E-state index is -1.21. The Labute approximate surface area is 202 Å². The Kier molecular flexibility index (Phi) is 9.89. The van der Waals surface area contributed by atoms with E-state index in [1.807, 2.05) is 48.5 Å². The molecule has 1 aliphatic rings. The summed E-state index contributed by atoms with van der Waals surface area (Å²) in [5.74, 6) is -0.941. The van der Waals surface area contributed by atoms with Crippen molar-refractivity contribution in [1.29, 1.82) is 0 Å². The summed E-state index contributed by atoms with van der Waals surface area (Å²) >= 11 is 0. The zero-order valence-corrected chi connectivity index (χ0v) is 20.1. The summed E-state index contributed by atoms with van der Waals surface area (Å²) in [6, 6.07) is 17.1. The average molecular weight is 465 g/mol. The van der Waals surface area contributed by atoms with Gasteiger partial charge in [0.25, 0.3) is 0 Å². The number of rotatable bonds is 13. The van der Waals surface area contributed by atoms with Crippen molar-refractivity contribution in [2.45, 2.75) is 70.3 Å². The number of aliphatic hydroxyl groups is 1. The van der Waals surface area contributed by atoms with E-state index < -0.39 is 24.1 Å². The van der Waals surface area contributed by atoms with E-state index in [1.165, 1.54) is 32.1 Å². The number of esters is 2. The molecular weight excluding hydrogens is 428 g/mol. The molecule has 5 nitrogen and oxygen atoms in total. The van der Waals surface area contributed by atoms with Crippen molar-refractivity contribution in [3.05, 3.63) is 71.8 Å². The highest BCUT2D eigenvalue weighted by atomic mass is 16.6. The summed E-state index contributed by atoms with van der Waals surface area (Å²) in [4.78, 5) is 24.9. The van der Waals surface area contributed by atoms with Crippen LogP contribution in [0.4, 0.5) is 0 Å². The van der Waals surface area contributed by atoms with Gasteiger partial charge < -0.3 is 14.6 Å². The minimum absolute atomic E-state index is 0.177. The molecule has 2 aromatic carbocycles. The molecule has 2 aromatic rings. The lowest BCUT2D eigenvalue weighted by atomic mass is 9.98. The van der Waals surface area contributed by atoms with Gasteiger partial charge in [-0.15, -0.1) is 0 Å². The molecular formula is C29H36O5. The van der Waals surface area contributed by atoms with E-state index in [2.05, 4.69) is 6.92 Å². The van der Waals surface area contributed by atoms with Crippen molar-refractivity contribution in [2.24, 2.45) is 0 Å². The van der Waals surface area contributed by atoms with Gasteiger partial charge in [-0.1, -0.05) is 94.0 Å². The first-order valence-electron chi connectivity index (χ1n) is 12.4. The summed E-state index contributed by atoms with van der Waals surface area (Å²) in [6.07, 6.45) is 11.5. The van der Waals surface area contributed by atoms with Gasteiger partial charge in [0.1, 0.15) is 6.61 Å². The minimum Gasteiger partial charge on any atom is -0.458 e. The van der Waals surface area contributed by atoms with Crippen molar-refractivity contribution < 1.29 is 24.2 Å². The third kappa shape index (κ3) is 7.29. The molecule has 0 aliphatic carbocycles. The van der Waals surface area contributed by atoms with E-state index in [0.717, 1.165) is 30.4 Å². The first-order chi connectivity index (χ1) is 16.6. The third-order valence-electron chi connectivity index (χ3n) is 6.26. The fourth-order valence-corrected chi connectivity index (χ4v) is 4.17. The summed E-state index contributed by atoms with van der Waals surface area (Å²) in [6.45, 7) is 1.64. The lowest BCUT2D eigenvalue weighted by molar-refractivity contribution is -0.154. The van der Waals surface area contributed by atoms with E-state index in [9.17, 15) is 14.7 Å². The molecule has 5 heteroatoms. The maximum atomic E-state index is 12.5. The Morgan fingerprint density at radius 1 is 0.971 bits per heavy atom. The number of cyclic esters (lactones) is 1. The van der Waals surface area contributed by atoms with Crippen LogP contribution in [-0.2, 0) is 14.3 Å². The van der Waals surface area contributed by atoms with Gasteiger partial charge in [-0.05, 0) is 36.1 Å². The fraction of sp³-hybridized carbons (Fsp3) is 0.448. The smallest absolute Gasteiger partial charge is 0.338 e. The highest BCUT2D eigenvalue weighted by Crippen LogP contribution is 2.32. The Bertz CT molecular complexity index is 948. The van der Waals surface area contributed by atoms with Crippen LogP contribution >= 0.6 is 0 Å². The second-order valence-corrected chi connectivity index (χ2v) is 9.07. The van der Waals surface area contributed by atoms with E-state index in [4.69, 9.17) is 9.47 Å². The third-order valence-corrected chi connectivity index (χ3v) is 6.26. The number of hydrogen-bond acceptors (Lipinski definition) is 5. The number of ether oxygens (including phenoxy) is 2. The SMILES string of the molecule is CCCCCCCCC/C=C1\CC(CO)(COC(=O)c2ccc(-c3ccccc3)cc2)OC1=O. The topological polar surface area (TPSA) is 72.8 Å². The fourth-order valence-electron chi connectivity index (χ4n) is 4.17. The molecule has 3 rings (SSSR count). The average Bonchev–Trinajstić information content (AvgIpc) is 3.20. The molecule has 34 heavy (non-hydrogen) atoms. The van der Waals surface area contributed by atoms with Crippen molar-refractivity contribution in [3.8, 4) is 11.1 Å². The molecule has 1 heterocycles. The number of carbonyl (C=O) groups is 2. The highest BCUT2D eigenvalue weighted by Gasteiger charge is 2.44. The zero-order valence-electron chi connectivity index (χ0n) is 20.1. The predicted octanol–water partition coefficient (Wildman–Crippen LogP) is 6.26. The first kappa shape index (κ1) is 25.7. The van der Waals surface area contributed by atoms with E-state index >= 15 is 0 Å². The zero-order chi connectivity index (χ0) is 24.2. The summed E-state index contributed by atoms with van der Waals surface area (Å²) in [5, 5.41) is 9.91. The van der Waals surface area contributed by atoms with Gasteiger partial charge in [0.15, 0.2) is 5.60 Å². The van der Waals surface area contributed by atoms with Crippen molar-refractivity contribution in [1.82, 2.24) is 0 Å². The Hall–Kier alpha value is -2.92. The van der Waals surface area contributed by atoms with E-state index in [1.54, 1.807) is 12.1 Å². The molecule has 182 valence electrons. The second kappa shape index (κ2) is 13.1. The Morgan fingerprint density at radius 3 is 2.29 bits per heavy atom. The van der Waals surface area contributed by atoms with Crippen LogP contribution in [0.2, 0.25) is 0 Å². The first-order valence-corrected chi connectivity index (χ1v) is 12.4. The van der Waals surface area contributed by atoms with Gasteiger partial charge in [0.2, 0.25) is 0 Å². The predicted molar refractivity (Wildman–Crippen MR) is 133 cm³/mol. The normalized spacial score (nSPS) is 18.8. The van der Waals surface area contributed by atoms with Crippen molar-refractivity contribution in [3.63, 3.8) is 0 Å². The quantitative estimate of drug-likeness (QED) is 0.215. The number of hydrogen-bond donors (Lipinski definition) is 1. The molecule has 0 spiro atoms. The Balaban J connectivity index is 1.48. The number of unbranched alkanes of at least 4 members (excludes halogenated alkanes) is 7. The van der Waals surface area contributed by atoms with Crippen molar-refractivity contribution in [2.75, 3.05) is 13.2 Å². The highest BCUT2D eigenvalue weighted by molar-refractivity contribution is 5.92. The molecule has 0 bridgehead atoms. The number of aliphatic hydroxyl groups excluding tert-OH is 1. The molecule has 1 saturated heterocycles. The summed E-state index contributed by atoms with van der Waals surface area (Å²) in [5.41, 5.74) is 1.83. The van der Waals surface area contributed by atoms with Crippen LogP contribution in [0.15, 0.2) is 66.2 Å². The maximum absolute atomic E-state index is 12.5. The lowest BCUT2D eigenvalue weighted by Crippen LogP contribution is -2.39. The van der Waals surface area contributed by atoms with Gasteiger partial charge in [-0.3, -0.25) is 0 Å². The summed E-state index contributed by atoms with van der Waals surface area (Å²) in [7, 11) is 0. The van der Waals surface area contributed by atoms with E-state index in [-0.39, 0.29) is 13.0 Å². The molecule has 1 atom stereocenters. The Morgan fingerprint density at radius 2 is 1.62 bits per heavy atom. The number of carbonyl (C=O) groups excluding carboxylic acids is 2. The van der Waals surface area contributed by atoms with Crippen LogP contribution < -0.4 is 0 Å². The maximum Gasteiger partial charge on any atom is 0.338 e. The van der Waals surface area contributed by atoms with Crippen LogP contribution in [0, 0.1) is 0 Å². The van der Waals surface area contributed by atoms with E-state index in [0.29, 0.717) is 11.1 Å².